The van der Waals surface area contributed by atoms with Crippen LogP contribution < -0.4 is 5.32 Å². The molecule has 1 atom stereocenters. The Morgan fingerprint density at radius 2 is 1.71 bits per heavy atom. The van der Waals surface area contributed by atoms with Gasteiger partial charge in [0.1, 0.15) is 0 Å². The number of hydrogen-bond acceptors (Lipinski definition) is 1. The molecule has 1 aromatic rings. The maximum Gasteiger partial charge on any atom is 2.00 e. The Labute approximate surface area is 157 Å². The largest absolute Gasteiger partial charge is 2.00 e. The average molecular weight is 365 g/mol. The minimum Gasteiger partial charge on any atom is -0.358 e. The van der Waals surface area contributed by atoms with Crippen LogP contribution in [-0.2, 0) is 21.9 Å². The van der Waals surface area contributed by atoms with E-state index in [0.29, 0.717) is 5.92 Å². The second-order valence-corrected chi connectivity index (χ2v) is 5.65. The molecule has 2 aliphatic carbocycles. The predicted molar refractivity (Wildman–Crippen MR) is 101 cm³/mol. The fraction of sp³-hybridized carbons (Fsp3) is 0.286. The van der Waals surface area contributed by atoms with Crippen LogP contribution >= 0.6 is 0 Å². The summed E-state index contributed by atoms with van der Waals surface area (Å²) in [6.07, 6.45) is 17.2. The molecule has 0 fully saturated rings. The second-order valence-electron chi connectivity index (χ2n) is 5.65. The number of carbonyl (C=O) groups is 1. The summed E-state index contributed by atoms with van der Waals surface area (Å²) in [5.41, 5.74) is 2.79. The number of rotatable bonds is 1. The number of amides is 1. The van der Waals surface area contributed by atoms with Crippen LogP contribution in [0.1, 0.15) is 37.7 Å². The zero-order chi connectivity index (χ0) is 14.5. The van der Waals surface area contributed by atoms with E-state index in [-0.39, 0.29) is 37.8 Å². The van der Waals surface area contributed by atoms with Gasteiger partial charge in [0.15, 0.2) is 0 Å². The third kappa shape index (κ3) is 5.50. The van der Waals surface area contributed by atoms with Crippen molar-refractivity contribution in [2.75, 3.05) is 5.32 Å². The molecule has 0 saturated carbocycles. The topological polar surface area (TPSA) is 29.1 Å². The first-order valence-corrected chi connectivity index (χ1v) is 7.79. The molecule has 2 nitrogen and oxygen atoms in total. The van der Waals surface area contributed by atoms with Crippen molar-refractivity contribution in [2.24, 2.45) is 5.92 Å². The molecule has 3 heteroatoms. The third-order valence-electron chi connectivity index (χ3n) is 4.05. The first-order valence-electron chi connectivity index (χ1n) is 7.79. The zero-order valence-electron chi connectivity index (χ0n) is 14.6. The van der Waals surface area contributed by atoms with Crippen molar-refractivity contribution in [2.45, 2.75) is 32.1 Å². The number of benzene rings is 1. The first kappa shape index (κ1) is 22.4. The van der Waals surface area contributed by atoms with Crippen LogP contribution in [0.4, 0.5) is 5.69 Å². The smallest absolute Gasteiger partial charge is 0.358 e. The molecule has 4 rings (SSSR count). The van der Waals surface area contributed by atoms with E-state index in [9.17, 15) is 4.79 Å². The second kappa shape index (κ2) is 11.1. The average Bonchev–Trinajstić information content (AvgIpc) is 3.24. The molecule has 1 unspecified atom stereocenters. The van der Waals surface area contributed by atoms with Crippen LogP contribution in [0.25, 0.3) is 5.57 Å². The van der Waals surface area contributed by atoms with E-state index < -0.39 is 0 Å². The predicted octanol–water partition coefficient (Wildman–Crippen LogP) is 5.61. The van der Waals surface area contributed by atoms with Crippen LogP contribution in [0.2, 0.25) is 0 Å². The van der Waals surface area contributed by atoms with Gasteiger partial charge in [-0.1, -0.05) is 48.6 Å². The number of nitrogens with one attached hydrogen (secondary N) is 1. The van der Waals surface area contributed by atoms with Gasteiger partial charge in [0.05, 0.1) is 0 Å². The third-order valence-corrected chi connectivity index (χ3v) is 4.05. The van der Waals surface area contributed by atoms with Gasteiger partial charge in [0.2, 0.25) is 0 Å². The van der Waals surface area contributed by atoms with Crippen molar-refractivity contribution in [3.8, 4) is 0 Å². The zero-order valence-corrected chi connectivity index (χ0v) is 15.7. The molecule has 130 valence electrons. The van der Waals surface area contributed by atoms with Crippen molar-refractivity contribution >= 4 is 17.2 Å². The number of hydrogen-bond donors (Lipinski definition) is 1. The van der Waals surface area contributed by atoms with Gasteiger partial charge in [-0.15, -0.1) is 0 Å². The molecule has 0 aromatic heterocycles. The molecule has 0 saturated heterocycles. The molecule has 3 aliphatic rings. The number of allylic oxidation sites excluding steroid dienone is 5. The van der Waals surface area contributed by atoms with E-state index >= 15 is 0 Å². The number of para-hydroxylation sites is 1. The SMILES string of the molecule is C1=CCCC1.O=C1Nc2ccccc2/C1=C\C1C=CCC1.[CH3-].[CH3-].[Fe+2]. The van der Waals surface area contributed by atoms with E-state index in [2.05, 4.69) is 35.7 Å². The number of fused-ring (bicyclic) bond motifs is 1. The maximum absolute atomic E-state index is 11.8. The van der Waals surface area contributed by atoms with Crippen molar-refractivity contribution in [3.05, 3.63) is 75.1 Å². The van der Waals surface area contributed by atoms with Crippen LogP contribution in [0, 0.1) is 20.8 Å². The first-order chi connectivity index (χ1) is 10.3. The Bertz CT molecular complexity index is 610. The molecule has 1 aliphatic heterocycles. The Kier molecular flexibility index (Phi) is 10.3. The van der Waals surface area contributed by atoms with Gasteiger partial charge in [0, 0.05) is 16.8 Å². The van der Waals surface area contributed by atoms with Crippen LogP contribution in [0.15, 0.2) is 54.6 Å². The van der Waals surface area contributed by atoms with Crippen molar-refractivity contribution < 1.29 is 21.9 Å². The van der Waals surface area contributed by atoms with Gasteiger partial charge in [-0.2, -0.15) is 0 Å². The molecule has 1 N–H and O–H groups in total. The Morgan fingerprint density at radius 3 is 2.29 bits per heavy atom. The quantitative estimate of drug-likeness (QED) is 0.298. The van der Waals surface area contributed by atoms with Crippen LogP contribution in [0.5, 0.6) is 0 Å². The van der Waals surface area contributed by atoms with E-state index in [1.165, 1.54) is 19.3 Å². The fourth-order valence-electron chi connectivity index (χ4n) is 2.90. The van der Waals surface area contributed by atoms with Gasteiger partial charge < -0.3 is 20.2 Å². The van der Waals surface area contributed by atoms with E-state index in [0.717, 1.165) is 29.7 Å². The summed E-state index contributed by atoms with van der Waals surface area (Å²) in [5, 5.41) is 2.89. The van der Waals surface area contributed by atoms with Gasteiger partial charge in [-0.25, -0.2) is 0 Å². The maximum atomic E-state index is 11.8. The van der Waals surface area contributed by atoms with Gasteiger partial charge >= 0.3 is 17.1 Å². The Morgan fingerprint density at radius 1 is 1.00 bits per heavy atom. The fourth-order valence-corrected chi connectivity index (χ4v) is 2.90. The molecule has 1 aromatic carbocycles. The van der Waals surface area contributed by atoms with Gasteiger partial charge in [-0.3, -0.25) is 4.79 Å². The van der Waals surface area contributed by atoms with E-state index in [4.69, 9.17) is 0 Å². The molecular formula is C21H27FeNO. The molecule has 0 bridgehead atoms. The summed E-state index contributed by atoms with van der Waals surface area (Å²) < 4.78 is 0. The van der Waals surface area contributed by atoms with Crippen LogP contribution in [0.3, 0.4) is 0 Å². The van der Waals surface area contributed by atoms with E-state index in [1.54, 1.807) is 0 Å². The summed E-state index contributed by atoms with van der Waals surface area (Å²) >= 11 is 0. The minimum atomic E-state index is 0. The minimum absolute atomic E-state index is 0. The molecule has 1 amide bonds. The molecule has 24 heavy (non-hydrogen) atoms. The molecular weight excluding hydrogens is 338 g/mol. The Hall–Kier alpha value is -1.57. The van der Waals surface area contributed by atoms with E-state index in [1.807, 2.05) is 24.3 Å². The molecule has 1 heterocycles. The summed E-state index contributed by atoms with van der Waals surface area (Å²) in [5.74, 6) is 0.452. The van der Waals surface area contributed by atoms with Crippen molar-refractivity contribution in [1.82, 2.24) is 0 Å². The Balaban J connectivity index is 0.000000578. The molecule has 0 spiro atoms. The van der Waals surface area contributed by atoms with Gasteiger partial charge in [0.25, 0.3) is 5.91 Å². The van der Waals surface area contributed by atoms with Gasteiger partial charge in [-0.05, 0) is 44.1 Å². The van der Waals surface area contributed by atoms with Crippen molar-refractivity contribution in [3.63, 3.8) is 0 Å². The summed E-state index contributed by atoms with van der Waals surface area (Å²) in [4.78, 5) is 11.8. The van der Waals surface area contributed by atoms with Crippen molar-refractivity contribution in [1.29, 1.82) is 0 Å². The summed E-state index contributed by atoms with van der Waals surface area (Å²) in [7, 11) is 0. The monoisotopic (exact) mass is 365 g/mol. The summed E-state index contributed by atoms with van der Waals surface area (Å²) in [6, 6.07) is 7.85. The van der Waals surface area contributed by atoms with Crippen LogP contribution in [-0.4, -0.2) is 5.91 Å². The standard InChI is InChI=1S/C14H13NO.C5H8.2CH3.Fe/c16-14-12(9-10-5-1-2-6-10)11-7-3-4-8-13(11)15-14;1-2-4-5-3-1;;;/h1,3-5,7-10H,2,6H2,(H,15,16);1-2H,3-5H2;2*1H3;/q;;2*-1;+2/b12-9+;;;;. The summed E-state index contributed by atoms with van der Waals surface area (Å²) in [6.45, 7) is 0. The number of carbonyl (C=O) groups excluding carboxylic acids is 1. The molecule has 0 radical (unpaired) electrons. The number of anilines is 1. The normalized spacial score (nSPS) is 20.9.